The Bertz CT molecular complexity index is 390. The first-order chi connectivity index (χ1) is 7.75. The second-order valence-corrected chi connectivity index (χ2v) is 5.33. The number of anilines is 1. The first kappa shape index (κ1) is 10.6. The quantitative estimate of drug-likeness (QED) is 0.836. The third-order valence-electron chi connectivity index (χ3n) is 3.43. The van der Waals surface area contributed by atoms with Crippen LogP contribution in [0.4, 0.5) is 5.69 Å². The number of piperidine rings is 1. The van der Waals surface area contributed by atoms with Gasteiger partial charge in [0.2, 0.25) is 0 Å². The molecule has 3 rings (SSSR count). The van der Waals surface area contributed by atoms with E-state index in [9.17, 15) is 0 Å². The normalized spacial score (nSPS) is 28.5. The minimum atomic E-state index is 0.524. The fourth-order valence-electron chi connectivity index (χ4n) is 2.76. The summed E-state index contributed by atoms with van der Waals surface area (Å²) in [5.74, 6) is 0.721. The standard InChI is InChI=1S/C11H13Cl2N3/c12-9-4-15-5-10(13)11(9)16-6-7-1-8(16)3-14-2-7/h4-5,7-8,14H,1-3,6H2. The van der Waals surface area contributed by atoms with Crippen LogP contribution in [-0.2, 0) is 0 Å². The summed E-state index contributed by atoms with van der Waals surface area (Å²) in [6.45, 7) is 3.17. The van der Waals surface area contributed by atoms with Gasteiger partial charge in [0.15, 0.2) is 0 Å². The molecule has 16 heavy (non-hydrogen) atoms. The number of hydrogen-bond donors (Lipinski definition) is 1. The van der Waals surface area contributed by atoms with Crippen molar-refractivity contribution in [2.75, 3.05) is 24.5 Å². The largest absolute Gasteiger partial charge is 0.364 e. The van der Waals surface area contributed by atoms with Crippen LogP contribution in [0.2, 0.25) is 10.0 Å². The van der Waals surface area contributed by atoms with Crippen LogP contribution >= 0.6 is 23.2 Å². The van der Waals surface area contributed by atoms with E-state index in [0.29, 0.717) is 16.1 Å². The van der Waals surface area contributed by atoms with E-state index in [1.165, 1.54) is 6.42 Å². The predicted octanol–water partition coefficient (Wildman–Crippen LogP) is 2.19. The van der Waals surface area contributed by atoms with E-state index in [4.69, 9.17) is 23.2 Å². The minimum absolute atomic E-state index is 0.524. The molecule has 1 aromatic heterocycles. The molecule has 0 aromatic carbocycles. The molecule has 1 aromatic rings. The first-order valence-corrected chi connectivity index (χ1v) is 6.27. The monoisotopic (exact) mass is 257 g/mol. The molecular weight excluding hydrogens is 245 g/mol. The van der Waals surface area contributed by atoms with Crippen LogP contribution in [-0.4, -0.2) is 30.7 Å². The van der Waals surface area contributed by atoms with E-state index in [-0.39, 0.29) is 0 Å². The summed E-state index contributed by atoms with van der Waals surface area (Å²) < 4.78 is 0. The summed E-state index contributed by atoms with van der Waals surface area (Å²) in [6, 6.07) is 0.524. The maximum absolute atomic E-state index is 6.19. The van der Waals surface area contributed by atoms with Crippen LogP contribution in [0.1, 0.15) is 6.42 Å². The van der Waals surface area contributed by atoms with E-state index in [0.717, 1.165) is 31.2 Å². The predicted molar refractivity (Wildman–Crippen MR) is 66.4 cm³/mol. The van der Waals surface area contributed by atoms with Crippen LogP contribution in [0.15, 0.2) is 12.4 Å². The summed E-state index contributed by atoms with van der Waals surface area (Å²) in [6.07, 6.45) is 4.57. The van der Waals surface area contributed by atoms with E-state index < -0.39 is 0 Å². The van der Waals surface area contributed by atoms with Crippen molar-refractivity contribution in [3.05, 3.63) is 22.4 Å². The van der Waals surface area contributed by atoms with Gasteiger partial charge < -0.3 is 10.2 Å². The first-order valence-electron chi connectivity index (χ1n) is 5.52. The molecule has 2 atom stereocenters. The molecule has 2 fully saturated rings. The lowest BCUT2D eigenvalue weighted by molar-refractivity contribution is 0.434. The molecular formula is C11H13Cl2N3. The molecule has 2 aliphatic rings. The maximum atomic E-state index is 6.19. The number of nitrogens with zero attached hydrogens (tertiary/aromatic N) is 2. The van der Waals surface area contributed by atoms with Crippen molar-refractivity contribution >= 4 is 28.9 Å². The lowest BCUT2D eigenvalue weighted by Gasteiger charge is -2.28. The summed E-state index contributed by atoms with van der Waals surface area (Å²) in [5, 5.41) is 4.75. The highest BCUT2D eigenvalue weighted by atomic mass is 35.5. The van der Waals surface area contributed by atoms with Gasteiger partial charge >= 0.3 is 0 Å². The Balaban J connectivity index is 1.98. The van der Waals surface area contributed by atoms with Crippen molar-refractivity contribution in [3.63, 3.8) is 0 Å². The third-order valence-corrected chi connectivity index (χ3v) is 3.98. The van der Waals surface area contributed by atoms with E-state index in [2.05, 4.69) is 15.2 Å². The van der Waals surface area contributed by atoms with E-state index in [1.54, 1.807) is 12.4 Å². The van der Waals surface area contributed by atoms with Gasteiger partial charge in [-0.15, -0.1) is 0 Å². The molecule has 0 saturated carbocycles. The molecule has 5 heteroatoms. The third kappa shape index (κ3) is 1.67. The Morgan fingerprint density at radius 1 is 1.25 bits per heavy atom. The fourth-order valence-corrected chi connectivity index (χ4v) is 3.34. The van der Waals surface area contributed by atoms with Gasteiger partial charge in [-0.25, -0.2) is 0 Å². The van der Waals surface area contributed by atoms with E-state index >= 15 is 0 Å². The van der Waals surface area contributed by atoms with Gasteiger partial charge in [0.25, 0.3) is 0 Å². The minimum Gasteiger partial charge on any atom is -0.364 e. The van der Waals surface area contributed by atoms with Crippen LogP contribution in [0.5, 0.6) is 0 Å². The number of fused-ring (bicyclic) bond motifs is 2. The number of pyridine rings is 1. The lowest BCUT2D eigenvalue weighted by Crippen LogP contribution is -2.39. The summed E-state index contributed by atoms with van der Waals surface area (Å²) in [7, 11) is 0. The van der Waals surface area contributed by atoms with Crippen LogP contribution < -0.4 is 10.2 Å². The molecule has 3 nitrogen and oxygen atoms in total. The van der Waals surface area contributed by atoms with Crippen LogP contribution in [0, 0.1) is 5.92 Å². The highest BCUT2D eigenvalue weighted by Gasteiger charge is 2.36. The molecule has 2 saturated heterocycles. The molecule has 0 radical (unpaired) electrons. The molecule has 2 bridgehead atoms. The Labute approximate surface area is 105 Å². The molecule has 2 unspecified atom stereocenters. The Morgan fingerprint density at radius 2 is 2.00 bits per heavy atom. The maximum Gasteiger partial charge on any atom is 0.0838 e. The van der Waals surface area contributed by atoms with Crippen molar-refractivity contribution in [1.29, 1.82) is 0 Å². The second-order valence-electron chi connectivity index (χ2n) is 4.52. The zero-order valence-electron chi connectivity index (χ0n) is 8.79. The van der Waals surface area contributed by atoms with Gasteiger partial charge in [-0.05, 0) is 18.9 Å². The van der Waals surface area contributed by atoms with Crippen molar-refractivity contribution in [3.8, 4) is 0 Å². The molecule has 2 aliphatic heterocycles. The average molecular weight is 258 g/mol. The van der Waals surface area contributed by atoms with Gasteiger partial charge in [0.1, 0.15) is 0 Å². The van der Waals surface area contributed by atoms with Gasteiger partial charge in [-0.1, -0.05) is 23.2 Å². The zero-order valence-corrected chi connectivity index (χ0v) is 10.3. The van der Waals surface area contributed by atoms with Crippen molar-refractivity contribution in [2.45, 2.75) is 12.5 Å². The van der Waals surface area contributed by atoms with Crippen LogP contribution in [0.3, 0.4) is 0 Å². The second kappa shape index (κ2) is 4.06. The molecule has 0 amide bonds. The average Bonchev–Trinajstić information content (AvgIpc) is 2.54. The number of aromatic nitrogens is 1. The summed E-state index contributed by atoms with van der Waals surface area (Å²) >= 11 is 12.4. The van der Waals surface area contributed by atoms with Gasteiger partial charge in [-0.3, -0.25) is 4.98 Å². The van der Waals surface area contributed by atoms with Crippen molar-refractivity contribution in [1.82, 2.24) is 10.3 Å². The number of halogens is 2. The van der Waals surface area contributed by atoms with Gasteiger partial charge in [0.05, 0.1) is 15.7 Å². The molecule has 0 spiro atoms. The van der Waals surface area contributed by atoms with Crippen molar-refractivity contribution < 1.29 is 0 Å². The van der Waals surface area contributed by atoms with Crippen LogP contribution in [0.25, 0.3) is 0 Å². The lowest BCUT2D eigenvalue weighted by atomic mass is 10.0. The smallest absolute Gasteiger partial charge is 0.0838 e. The molecule has 1 N–H and O–H groups in total. The van der Waals surface area contributed by atoms with Gasteiger partial charge in [0, 0.05) is 31.5 Å². The number of hydrogen-bond acceptors (Lipinski definition) is 3. The van der Waals surface area contributed by atoms with E-state index in [1.807, 2.05) is 0 Å². The Morgan fingerprint density at radius 3 is 2.69 bits per heavy atom. The Kier molecular flexibility index (Phi) is 2.70. The molecule has 0 aliphatic carbocycles. The summed E-state index contributed by atoms with van der Waals surface area (Å²) in [4.78, 5) is 6.33. The Hall–Kier alpha value is -0.510. The fraction of sp³-hybridized carbons (Fsp3) is 0.545. The number of rotatable bonds is 1. The highest BCUT2D eigenvalue weighted by Crippen LogP contribution is 2.39. The highest BCUT2D eigenvalue weighted by molar-refractivity contribution is 6.38. The van der Waals surface area contributed by atoms with Gasteiger partial charge in [-0.2, -0.15) is 0 Å². The molecule has 86 valence electrons. The zero-order chi connectivity index (χ0) is 11.1. The molecule has 3 heterocycles. The number of nitrogens with one attached hydrogen (secondary N) is 1. The SMILES string of the molecule is Clc1cncc(Cl)c1N1CC2CNCC1C2. The van der Waals surface area contributed by atoms with Crippen molar-refractivity contribution in [2.24, 2.45) is 5.92 Å². The summed E-state index contributed by atoms with van der Waals surface area (Å²) in [5.41, 5.74) is 0.953. The topological polar surface area (TPSA) is 28.2 Å².